The highest BCUT2D eigenvalue weighted by Gasteiger charge is 2.17. The van der Waals surface area contributed by atoms with Crippen molar-refractivity contribution in [2.75, 3.05) is 27.7 Å². The van der Waals surface area contributed by atoms with Crippen LogP contribution in [0.15, 0.2) is 53.1 Å². The molecule has 7 nitrogen and oxygen atoms in total. The van der Waals surface area contributed by atoms with Crippen molar-refractivity contribution in [3.8, 4) is 11.5 Å². The van der Waals surface area contributed by atoms with Crippen molar-refractivity contribution in [1.29, 1.82) is 0 Å². The van der Waals surface area contributed by atoms with Gasteiger partial charge in [0.1, 0.15) is 12.4 Å². The van der Waals surface area contributed by atoms with Crippen molar-refractivity contribution >= 4 is 5.91 Å². The summed E-state index contributed by atoms with van der Waals surface area (Å²) in [5, 5.41) is 6.96. The maximum Gasteiger partial charge on any atom is 0.251 e. The number of amides is 1. The lowest BCUT2D eigenvalue weighted by atomic mass is 10.1. The number of methoxy groups -OCH3 is 1. The lowest BCUT2D eigenvalue weighted by Gasteiger charge is -2.25. The summed E-state index contributed by atoms with van der Waals surface area (Å²) in [6.45, 7) is 4.52. The van der Waals surface area contributed by atoms with Crippen LogP contribution in [0.4, 0.5) is 0 Å². The molecule has 0 aliphatic rings. The number of carbonyl (C=O) groups is 1. The van der Waals surface area contributed by atoms with Crippen molar-refractivity contribution in [3.05, 3.63) is 76.7 Å². The maximum atomic E-state index is 12.8. The molecule has 0 radical (unpaired) electrons. The molecule has 0 fully saturated rings. The Morgan fingerprint density at radius 1 is 1.13 bits per heavy atom. The van der Waals surface area contributed by atoms with Crippen LogP contribution in [0, 0.1) is 13.8 Å². The fraction of sp³-hybridized carbons (Fsp3) is 0.333. The van der Waals surface area contributed by atoms with Gasteiger partial charge in [0.15, 0.2) is 11.5 Å². The SMILES string of the molecule is COc1cc(C(=O)NC[C@@H](c2ccccc2)N(C)C)ccc1OCc1c(C)noc1C. The highest BCUT2D eigenvalue weighted by atomic mass is 16.5. The van der Waals surface area contributed by atoms with Gasteiger partial charge in [0, 0.05) is 12.1 Å². The Labute approximate surface area is 182 Å². The van der Waals surface area contributed by atoms with E-state index >= 15 is 0 Å². The van der Waals surface area contributed by atoms with E-state index in [4.69, 9.17) is 14.0 Å². The molecule has 2 aromatic carbocycles. The van der Waals surface area contributed by atoms with Crippen molar-refractivity contribution in [2.45, 2.75) is 26.5 Å². The molecule has 0 saturated heterocycles. The molecule has 0 aliphatic carbocycles. The lowest BCUT2D eigenvalue weighted by Crippen LogP contribution is -2.34. The highest BCUT2D eigenvalue weighted by Crippen LogP contribution is 2.29. The molecule has 0 aliphatic heterocycles. The van der Waals surface area contributed by atoms with Crippen LogP contribution < -0.4 is 14.8 Å². The van der Waals surface area contributed by atoms with Gasteiger partial charge in [-0.2, -0.15) is 0 Å². The predicted octanol–water partition coefficient (Wildman–Crippen LogP) is 3.91. The number of nitrogens with zero attached hydrogens (tertiary/aromatic N) is 2. The van der Waals surface area contributed by atoms with Crippen LogP contribution in [-0.2, 0) is 6.61 Å². The van der Waals surface area contributed by atoms with Gasteiger partial charge in [0.05, 0.1) is 24.4 Å². The summed E-state index contributed by atoms with van der Waals surface area (Å²) in [5.41, 5.74) is 3.35. The molecular weight excluding hydrogens is 394 g/mol. The monoisotopic (exact) mass is 423 g/mol. The number of benzene rings is 2. The molecule has 0 saturated carbocycles. The molecule has 3 aromatic rings. The van der Waals surface area contributed by atoms with Gasteiger partial charge in [0.2, 0.25) is 0 Å². The number of aromatic nitrogens is 1. The number of likely N-dealkylation sites (N-methyl/N-ethyl adjacent to an activating group) is 1. The molecular formula is C24H29N3O4. The first-order valence-electron chi connectivity index (χ1n) is 10.1. The van der Waals surface area contributed by atoms with Gasteiger partial charge in [0.25, 0.3) is 5.91 Å². The standard InChI is InChI=1S/C24H29N3O4/c1-16-20(17(2)31-26-16)15-30-22-12-11-19(13-23(22)29-5)24(28)25-14-21(27(3)4)18-9-7-6-8-10-18/h6-13,21H,14-15H2,1-5H3,(H,25,28)/t21-/m0/s1. The smallest absolute Gasteiger partial charge is 0.251 e. The van der Waals surface area contributed by atoms with Crippen LogP contribution in [0.25, 0.3) is 0 Å². The average molecular weight is 424 g/mol. The molecule has 3 rings (SSSR count). The zero-order chi connectivity index (χ0) is 22.4. The Bertz CT molecular complexity index is 995. The first-order valence-corrected chi connectivity index (χ1v) is 10.1. The number of hydrogen-bond acceptors (Lipinski definition) is 6. The second kappa shape index (κ2) is 10.1. The third kappa shape index (κ3) is 5.44. The quantitative estimate of drug-likeness (QED) is 0.562. The van der Waals surface area contributed by atoms with E-state index in [0.717, 1.165) is 22.6 Å². The van der Waals surface area contributed by atoms with Gasteiger partial charge in [-0.3, -0.25) is 4.79 Å². The Kier molecular flexibility index (Phi) is 7.31. The van der Waals surface area contributed by atoms with Gasteiger partial charge < -0.3 is 24.2 Å². The van der Waals surface area contributed by atoms with E-state index in [9.17, 15) is 4.79 Å². The van der Waals surface area contributed by atoms with Crippen LogP contribution in [0.5, 0.6) is 11.5 Å². The van der Waals surface area contributed by atoms with Crippen LogP contribution >= 0.6 is 0 Å². The number of hydrogen-bond donors (Lipinski definition) is 1. The first-order chi connectivity index (χ1) is 14.9. The van der Waals surface area contributed by atoms with E-state index < -0.39 is 0 Å². The Morgan fingerprint density at radius 2 is 1.87 bits per heavy atom. The molecule has 1 N–H and O–H groups in total. The summed E-state index contributed by atoms with van der Waals surface area (Å²) < 4.78 is 16.5. The van der Waals surface area contributed by atoms with Gasteiger partial charge in [-0.25, -0.2) is 0 Å². The molecule has 0 spiro atoms. The summed E-state index contributed by atoms with van der Waals surface area (Å²) >= 11 is 0. The van der Waals surface area contributed by atoms with E-state index in [1.165, 1.54) is 0 Å². The van der Waals surface area contributed by atoms with Crippen LogP contribution in [0.3, 0.4) is 0 Å². The summed E-state index contributed by atoms with van der Waals surface area (Å²) in [7, 11) is 5.55. The van der Waals surface area contributed by atoms with Crippen LogP contribution in [0.2, 0.25) is 0 Å². The van der Waals surface area contributed by atoms with Gasteiger partial charge in [-0.1, -0.05) is 35.5 Å². The minimum atomic E-state index is -0.168. The average Bonchev–Trinajstić information content (AvgIpc) is 3.09. The van der Waals surface area contributed by atoms with E-state index in [0.29, 0.717) is 30.2 Å². The number of ether oxygens (including phenoxy) is 2. The summed E-state index contributed by atoms with van der Waals surface area (Å²) in [5.74, 6) is 1.60. The zero-order valence-corrected chi connectivity index (χ0v) is 18.6. The Morgan fingerprint density at radius 3 is 2.48 bits per heavy atom. The number of rotatable bonds is 9. The first kappa shape index (κ1) is 22.4. The van der Waals surface area contributed by atoms with Crippen molar-refractivity contribution < 1.29 is 18.8 Å². The number of nitrogens with one attached hydrogen (secondary N) is 1. The molecule has 1 amide bonds. The summed E-state index contributed by atoms with van der Waals surface area (Å²) in [6, 6.07) is 15.3. The van der Waals surface area contributed by atoms with E-state index in [1.807, 2.05) is 46.1 Å². The summed E-state index contributed by atoms with van der Waals surface area (Å²) in [6.07, 6.45) is 0. The van der Waals surface area contributed by atoms with Gasteiger partial charge in [-0.05, 0) is 51.7 Å². The van der Waals surface area contributed by atoms with Crippen molar-refractivity contribution in [1.82, 2.24) is 15.4 Å². The van der Waals surface area contributed by atoms with E-state index in [-0.39, 0.29) is 11.9 Å². The molecule has 0 bridgehead atoms. The Balaban J connectivity index is 1.67. The molecule has 0 unspecified atom stereocenters. The second-order valence-corrected chi connectivity index (χ2v) is 7.56. The second-order valence-electron chi connectivity index (χ2n) is 7.56. The van der Waals surface area contributed by atoms with Gasteiger partial charge >= 0.3 is 0 Å². The molecule has 31 heavy (non-hydrogen) atoms. The third-order valence-corrected chi connectivity index (χ3v) is 5.24. The largest absolute Gasteiger partial charge is 0.493 e. The molecule has 7 heteroatoms. The zero-order valence-electron chi connectivity index (χ0n) is 18.6. The summed E-state index contributed by atoms with van der Waals surface area (Å²) in [4.78, 5) is 14.9. The highest BCUT2D eigenvalue weighted by molar-refractivity contribution is 5.94. The normalized spacial score (nSPS) is 11.9. The van der Waals surface area contributed by atoms with Crippen LogP contribution in [0.1, 0.15) is 39.0 Å². The Hall–Kier alpha value is -3.32. The van der Waals surface area contributed by atoms with Crippen molar-refractivity contribution in [3.63, 3.8) is 0 Å². The lowest BCUT2D eigenvalue weighted by molar-refractivity contribution is 0.0941. The fourth-order valence-corrected chi connectivity index (χ4v) is 3.35. The fourth-order valence-electron chi connectivity index (χ4n) is 3.35. The molecule has 1 heterocycles. The predicted molar refractivity (Wildman–Crippen MR) is 119 cm³/mol. The molecule has 1 atom stereocenters. The maximum absolute atomic E-state index is 12.8. The minimum Gasteiger partial charge on any atom is -0.493 e. The third-order valence-electron chi connectivity index (χ3n) is 5.24. The van der Waals surface area contributed by atoms with E-state index in [2.05, 4.69) is 27.5 Å². The van der Waals surface area contributed by atoms with Crippen molar-refractivity contribution in [2.24, 2.45) is 0 Å². The van der Waals surface area contributed by atoms with Gasteiger partial charge in [-0.15, -0.1) is 0 Å². The number of aryl methyl sites for hydroxylation is 2. The molecule has 1 aromatic heterocycles. The van der Waals surface area contributed by atoms with Crippen LogP contribution in [-0.4, -0.2) is 43.7 Å². The molecule has 164 valence electrons. The minimum absolute atomic E-state index is 0.0738. The topological polar surface area (TPSA) is 76.8 Å². The van der Waals surface area contributed by atoms with E-state index in [1.54, 1.807) is 25.3 Å². The number of carbonyl (C=O) groups excluding carboxylic acids is 1.